The van der Waals surface area contributed by atoms with Gasteiger partial charge in [0, 0.05) is 19.5 Å². The SMILES string of the molecule is CCCCOC(=O)N1CCC(CC#N)C1. The van der Waals surface area contributed by atoms with Gasteiger partial charge in [0.05, 0.1) is 12.7 Å². The molecule has 1 heterocycles. The Balaban J connectivity index is 2.21. The van der Waals surface area contributed by atoms with Gasteiger partial charge < -0.3 is 9.64 Å². The molecule has 1 saturated heterocycles. The van der Waals surface area contributed by atoms with E-state index in [1.165, 1.54) is 0 Å². The average molecular weight is 210 g/mol. The van der Waals surface area contributed by atoms with E-state index < -0.39 is 0 Å². The third-order valence-corrected chi connectivity index (χ3v) is 2.65. The second-order valence-corrected chi connectivity index (χ2v) is 3.93. The second kappa shape index (κ2) is 6.28. The molecular weight excluding hydrogens is 192 g/mol. The summed E-state index contributed by atoms with van der Waals surface area (Å²) in [4.78, 5) is 13.2. The normalized spacial score (nSPS) is 20.0. The molecule has 0 spiro atoms. The standard InChI is InChI=1S/C11H18N2O2/c1-2-3-8-15-11(14)13-7-5-10(9-13)4-6-12/h10H,2-5,7-9H2,1H3. The number of carbonyl (C=O) groups is 1. The van der Waals surface area contributed by atoms with Crippen LogP contribution in [0, 0.1) is 17.2 Å². The van der Waals surface area contributed by atoms with Crippen molar-refractivity contribution in [3.05, 3.63) is 0 Å². The van der Waals surface area contributed by atoms with Gasteiger partial charge in [-0.15, -0.1) is 0 Å². The summed E-state index contributed by atoms with van der Waals surface area (Å²) in [5.74, 6) is 0.341. The van der Waals surface area contributed by atoms with Crippen LogP contribution >= 0.6 is 0 Å². The minimum absolute atomic E-state index is 0.219. The van der Waals surface area contributed by atoms with Crippen molar-refractivity contribution in [2.45, 2.75) is 32.6 Å². The predicted octanol–water partition coefficient (Wildman–Crippen LogP) is 2.16. The number of nitrogens with zero attached hydrogens (tertiary/aromatic N) is 2. The molecule has 1 atom stereocenters. The smallest absolute Gasteiger partial charge is 0.409 e. The molecule has 1 amide bonds. The predicted molar refractivity (Wildman–Crippen MR) is 56.2 cm³/mol. The lowest BCUT2D eigenvalue weighted by molar-refractivity contribution is 0.108. The Morgan fingerprint density at radius 3 is 3.13 bits per heavy atom. The zero-order chi connectivity index (χ0) is 11.1. The van der Waals surface area contributed by atoms with Gasteiger partial charge in [-0.3, -0.25) is 0 Å². The van der Waals surface area contributed by atoms with Crippen LogP contribution in [0.1, 0.15) is 32.6 Å². The Morgan fingerprint density at radius 2 is 2.47 bits per heavy atom. The Bertz CT molecular complexity index is 247. The Kier molecular flexibility index (Phi) is 4.96. The highest BCUT2D eigenvalue weighted by Gasteiger charge is 2.26. The van der Waals surface area contributed by atoms with Crippen LogP contribution in [-0.4, -0.2) is 30.7 Å². The van der Waals surface area contributed by atoms with Crippen molar-refractivity contribution in [2.75, 3.05) is 19.7 Å². The lowest BCUT2D eigenvalue weighted by atomic mass is 10.1. The molecular formula is C11H18N2O2. The number of amides is 1. The molecule has 0 radical (unpaired) electrons. The molecule has 0 saturated carbocycles. The first-order valence-electron chi connectivity index (χ1n) is 5.56. The molecule has 0 aromatic carbocycles. The molecule has 1 unspecified atom stereocenters. The fourth-order valence-electron chi connectivity index (χ4n) is 1.69. The highest BCUT2D eigenvalue weighted by Crippen LogP contribution is 2.19. The van der Waals surface area contributed by atoms with E-state index in [-0.39, 0.29) is 6.09 Å². The maximum Gasteiger partial charge on any atom is 0.409 e. The third-order valence-electron chi connectivity index (χ3n) is 2.65. The second-order valence-electron chi connectivity index (χ2n) is 3.93. The molecule has 84 valence electrons. The average Bonchev–Trinajstić information content (AvgIpc) is 2.67. The molecule has 4 heteroatoms. The topological polar surface area (TPSA) is 53.3 Å². The van der Waals surface area contributed by atoms with Gasteiger partial charge in [-0.2, -0.15) is 5.26 Å². The molecule has 0 aliphatic carbocycles. The summed E-state index contributed by atoms with van der Waals surface area (Å²) in [7, 11) is 0. The van der Waals surface area contributed by atoms with E-state index in [4.69, 9.17) is 10.00 Å². The fourth-order valence-corrected chi connectivity index (χ4v) is 1.69. The fraction of sp³-hybridized carbons (Fsp3) is 0.818. The number of likely N-dealkylation sites (tertiary alicyclic amines) is 1. The minimum Gasteiger partial charge on any atom is -0.449 e. The van der Waals surface area contributed by atoms with Crippen LogP contribution in [0.15, 0.2) is 0 Å². The summed E-state index contributed by atoms with van der Waals surface area (Å²) < 4.78 is 5.10. The Labute approximate surface area is 90.8 Å². The monoisotopic (exact) mass is 210 g/mol. The molecule has 1 rings (SSSR count). The number of ether oxygens (including phenoxy) is 1. The largest absolute Gasteiger partial charge is 0.449 e. The molecule has 1 aliphatic heterocycles. The molecule has 15 heavy (non-hydrogen) atoms. The van der Waals surface area contributed by atoms with Gasteiger partial charge in [0.15, 0.2) is 0 Å². The van der Waals surface area contributed by atoms with Crippen molar-refractivity contribution < 1.29 is 9.53 Å². The van der Waals surface area contributed by atoms with Crippen molar-refractivity contribution in [2.24, 2.45) is 5.92 Å². The van der Waals surface area contributed by atoms with Gasteiger partial charge in [-0.05, 0) is 18.8 Å². The van der Waals surface area contributed by atoms with Crippen molar-refractivity contribution >= 4 is 6.09 Å². The minimum atomic E-state index is -0.219. The van der Waals surface area contributed by atoms with Crippen LogP contribution in [0.2, 0.25) is 0 Å². The Morgan fingerprint density at radius 1 is 1.67 bits per heavy atom. The maximum absolute atomic E-state index is 11.5. The summed E-state index contributed by atoms with van der Waals surface area (Å²) >= 11 is 0. The summed E-state index contributed by atoms with van der Waals surface area (Å²) in [5.41, 5.74) is 0. The van der Waals surface area contributed by atoms with E-state index in [1.807, 2.05) is 0 Å². The number of carbonyl (C=O) groups excluding carboxylic acids is 1. The summed E-state index contributed by atoms with van der Waals surface area (Å²) in [6, 6.07) is 2.14. The van der Waals surface area contributed by atoms with Gasteiger partial charge in [0.2, 0.25) is 0 Å². The number of hydrogen-bond acceptors (Lipinski definition) is 3. The first-order valence-corrected chi connectivity index (χ1v) is 5.56. The van der Waals surface area contributed by atoms with Gasteiger partial charge in [0.25, 0.3) is 0 Å². The van der Waals surface area contributed by atoms with Crippen LogP contribution in [0.25, 0.3) is 0 Å². The molecule has 1 aliphatic rings. The van der Waals surface area contributed by atoms with E-state index in [0.717, 1.165) is 25.8 Å². The van der Waals surface area contributed by atoms with Crippen molar-refractivity contribution in [1.82, 2.24) is 4.90 Å². The van der Waals surface area contributed by atoms with Gasteiger partial charge in [0.1, 0.15) is 0 Å². The molecule has 1 fully saturated rings. The maximum atomic E-state index is 11.5. The first kappa shape index (κ1) is 11.8. The Hall–Kier alpha value is -1.24. The van der Waals surface area contributed by atoms with E-state index in [1.54, 1.807) is 4.90 Å². The highest BCUT2D eigenvalue weighted by atomic mass is 16.6. The van der Waals surface area contributed by atoms with E-state index in [9.17, 15) is 4.79 Å². The highest BCUT2D eigenvalue weighted by molar-refractivity contribution is 5.67. The lowest BCUT2D eigenvalue weighted by Crippen LogP contribution is -2.29. The molecule has 0 N–H and O–H groups in total. The van der Waals surface area contributed by atoms with Crippen LogP contribution < -0.4 is 0 Å². The summed E-state index contributed by atoms with van der Waals surface area (Å²) in [6.45, 7) is 3.98. The number of hydrogen-bond donors (Lipinski definition) is 0. The van der Waals surface area contributed by atoms with Gasteiger partial charge in [-0.1, -0.05) is 13.3 Å². The van der Waals surface area contributed by atoms with Crippen LogP contribution in [-0.2, 0) is 4.74 Å². The summed E-state index contributed by atoms with van der Waals surface area (Å²) in [5, 5.41) is 8.54. The van der Waals surface area contributed by atoms with E-state index in [0.29, 0.717) is 25.5 Å². The van der Waals surface area contributed by atoms with E-state index in [2.05, 4.69) is 13.0 Å². The molecule has 4 nitrogen and oxygen atoms in total. The van der Waals surface area contributed by atoms with Crippen LogP contribution in [0.5, 0.6) is 0 Å². The summed E-state index contributed by atoms with van der Waals surface area (Å²) in [6.07, 6.45) is 3.20. The quantitative estimate of drug-likeness (QED) is 0.668. The van der Waals surface area contributed by atoms with E-state index >= 15 is 0 Å². The van der Waals surface area contributed by atoms with Gasteiger partial charge in [-0.25, -0.2) is 4.79 Å². The zero-order valence-corrected chi connectivity index (χ0v) is 9.24. The van der Waals surface area contributed by atoms with Gasteiger partial charge >= 0.3 is 6.09 Å². The van der Waals surface area contributed by atoms with Crippen LogP contribution in [0.4, 0.5) is 4.79 Å². The molecule has 0 bridgehead atoms. The van der Waals surface area contributed by atoms with Crippen molar-refractivity contribution in [3.8, 4) is 6.07 Å². The molecule has 0 aromatic rings. The van der Waals surface area contributed by atoms with Crippen LogP contribution in [0.3, 0.4) is 0 Å². The first-order chi connectivity index (χ1) is 7.27. The third kappa shape index (κ3) is 3.78. The zero-order valence-electron chi connectivity index (χ0n) is 9.24. The number of nitriles is 1. The molecule has 0 aromatic heterocycles. The number of rotatable bonds is 4. The van der Waals surface area contributed by atoms with Crippen molar-refractivity contribution in [1.29, 1.82) is 5.26 Å². The van der Waals surface area contributed by atoms with Crippen molar-refractivity contribution in [3.63, 3.8) is 0 Å². The lowest BCUT2D eigenvalue weighted by Gasteiger charge is -2.15. The number of unbranched alkanes of at least 4 members (excludes halogenated alkanes) is 1.